The van der Waals surface area contributed by atoms with Gasteiger partial charge in [-0.25, -0.2) is 9.97 Å². The molecule has 0 radical (unpaired) electrons. The summed E-state index contributed by atoms with van der Waals surface area (Å²) in [6, 6.07) is 5.61. The number of hydrogen-bond donors (Lipinski definition) is 1. The van der Waals surface area contributed by atoms with Crippen molar-refractivity contribution >= 4 is 11.8 Å². The Balaban J connectivity index is 1.93. The fraction of sp³-hybridized carbons (Fsp3) is 0.200. The molecule has 0 aliphatic carbocycles. The molecule has 0 aliphatic rings. The fourth-order valence-electron chi connectivity index (χ4n) is 1.11. The van der Waals surface area contributed by atoms with Crippen LogP contribution in [0.15, 0.2) is 40.2 Å². The molecule has 0 aliphatic heterocycles. The van der Waals surface area contributed by atoms with E-state index in [2.05, 4.69) is 9.97 Å². The molecule has 2 aromatic rings. The molecule has 0 bridgehead atoms. The largest absolute Gasteiger partial charge is 0.464 e. The van der Waals surface area contributed by atoms with Gasteiger partial charge >= 0.3 is 0 Å². The van der Waals surface area contributed by atoms with E-state index in [9.17, 15) is 0 Å². The van der Waals surface area contributed by atoms with Gasteiger partial charge in [0.2, 0.25) is 0 Å². The quantitative estimate of drug-likeness (QED) is 0.630. The molecule has 5 heteroatoms. The Hall–Kier alpha value is -1.33. The average molecular weight is 221 g/mol. The van der Waals surface area contributed by atoms with Crippen LogP contribution in [-0.4, -0.2) is 9.97 Å². The molecule has 0 saturated carbocycles. The minimum absolute atomic E-state index is 0.437. The summed E-state index contributed by atoms with van der Waals surface area (Å²) in [6.45, 7) is 0.437. The first kappa shape index (κ1) is 10.2. The van der Waals surface area contributed by atoms with Crippen molar-refractivity contribution in [1.29, 1.82) is 0 Å². The smallest absolute Gasteiger partial charge is 0.187 e. The predicted octanol–water partition coefficient (Wildman–Crippen LogP) is 1.82. The highest BCUT2D eigenvalue weighted by atomic mass is 32.2. The molecule has 4 nitrogen and oxygen atoms in total. The zero-order valence-electron chi connectivity index (χ0n) is 8.09. The number of nitrogens with zero attached hydrogens (tertiary/aromatic N) is 2. The summed E-state index contributed by atoms with van der Waals surface area (Å²) in [6.07, 6.45) is 3.45. The summed E-state index contributed by atoms with van der Waals surface area (Å²) in [7, 11) is 0. The first-order chi connectivity index (χ1) is 7.38. The highest BCUT2D eigenvalue weighted by Crippen LogP contribution is 2.19. The molecule has 0 fully saturated rings. The Morgan fingerprint density at radius 3 is 2.60 bits per heavy atom. The van der Waals surface area contributed by atoms with Gasteiger partial charge in [0.25, 0.3) is 0 Å². The second kappa shape index (κ2) is 4.95. The van der Waals surface area contributed by atoms with E-state index in [0.717, 1.165) is 22.4 Å². The lowest BCUT2D eigenvalue weighted by Gasteiger charge is -1.96. The maximum atomic E-state index is 5.45. The summed E-state index contributed by atoms with van der Waals surface area (Å²) in [4.78, 5) is 8.21. The Bertz CT molecular complexity index is 416. The van der Waals surface area contributed by atoms with E-state index < -0.39 is 0 Å². The van der Waals surface area contributed by atoms with Crippen molar-refractivity contribution in [3.05, 3.63) is 42.1 Å². The van der Waals surface area contributed by atoms with Gasteiger partial charge in [-0.2, -0.15) is 0 Å². The van der Waals surface area contributed by atoms with Crippen molar-refractivity contribution in [2.75, 3.05) is 0 Å². The fourth-order valence-corrected chi connectivity index (χ4v) is 1.80. The van der Waals surface area contributed by atoms with Crippen LogP contribution in [0, 0.1) is 0 Å². The molecule has 0 atom stereocenters. The van der Waals surface area contributed by atoms with Gasteiger partial charge in [0.15, 0.2) is 5.16 Å². The number of hydrogen-bond acceptors (Lipinski definition) is 5. The Morgan fingerprint density at radius 2 is 1.93 bits per heavy atom. The Kier molecular flexibility index (Phi) is 3.37. The summed E-state index contributed by atoms with van der Waals surface area (Å²) in [5.74, 6) is 2.43. The zero-order chi connectivity index (χ0) is 10.5. The van der Waals surface area contributed by atoms with E-state index in [1.54, 1.807) is 30.2 Å². The van der Waals surface area contributed by atoms with Gasteiger partial charge in [-0.1, -0.05) is 11.8 Å². The molecular formula is C10H11N3OS. The van der Waals surface area contributed by atoms with Crippen LogP contribution in [0.1, 0.15) is 11.5 Å². The minimum Gasteiger partial charge on any atom is -0.464 e. The summed E-state index contributed by atoms with van der Waals surface area (Å²) in [5.41, 5.74) is 5.45. The van der Waals surface area contributed by atoms with E-state index in [4.69, 9.17) is 10.2 Å². The van der Waals surface area contributed by atoms with Gasteiger partial charge in [0, 0.05) is 12.4 Å². The normalized spacial score (nSPS) is 10.5. The van der Waals surface area contributed by atoms with Gasteiger partial charge in [-0.05, 0) is 18.2 Å². The maximum absolute atomic E-state index is 5.45. The molecule has 0 unspecified atom stereocenters. The van der Waals surface area contributed by atoms with E-state index in [-0.39, 0.29) is 0 Å². The van der Waals surface area contributed by atoms with Gasteiger partial charge in [0.1, 0.15) is 11.5 Å². The minimum atomic E-state index is 0.437. The average Bonchev–Trinajstić information content (AvgIpc) is 2.76. The van der Waals surface area contributed by atoms with Gasteiger partial charge in [-0.3, -0.25) is 0 Å². The topological polar surface area (TPSA) is 64.9 Å². The van der Waals surface area contributed by atoms with Crippen LogP contribution in [0.2, 0.25) is 0 Å². The second-order valence-corrected chi connectivity index (χ2v) is 3.83. The molecule has 2 N–H and O–H groups in total. The van der Waals surface area contributed by atoms with E-state index >= 15 is 0 Å². The van der Waals surface area contributed by atoms with Crippen LogP contribution in [-0.2, 0) is 12.3 Å². The van der Waals surface area contributed by atoms with Crippen molar-refractivity contribution in [2.45, 2.75) is 17.5 Å². The Labute approximate surface area is 91.9 Å². The second-order valence-electron chi connectivity index (χ2n) is 2.89. The maximum Gasteiger partial charge on any atom is 0.187 e. The molecule has 78 valence electrons. The van der Waals surface area contributed by atoms with Crippen LogP contribution in [0.5, 0.6) is 0 Å². The molecule has 0 spiro atoms. The standard InChI is InChI=1S/C10H11N3OS/c11-6-8-2-3-9(14-8)7-15-10-12-4-1-5-13-10/h1-5H,6-7,11H2. The van der Waals surface area contributed by atoms with Crippen molar-refractivity contribution < 1.29 is 4.42 Å². The molecular weight excluding hydrogens is 210 g/mol. The monoisotopic (exact) mass is 221 g/mol. The third-order valence-electron chi connectivity index (χ3n) is 1.80. The molecule has 0 amide bonds. The van der Waals surface area contributed by atoms with Crippen molar-refractivity contribution in [2.24, 2.45) is 5.73 Å². The molecule has 0 saturated heterocycles. The predicted molar refractivity (Wildman–Crippen MR) is 58.2 cm³/mol. The van der Waals surface area contributed by atoms with E-state index in [0.29, 0.717) is 6.54 Å². The number of aromatic nitrogens is 2. The van der Waals surface area contributed by atoms with Crippen molar-refractivity contribution in [3.63, 3.8) is 0 Å². The van der Waals surface area contributed by atoms with Crippen LogP contribution < -0.4 is 5.73 Å². The van der Waals surface area contributed by atoms with Crippen molar-refractivity contribution in [1.82, 2.24) is 9.97 Å². The number of thioether (sulfide) groups is 1. The van der Waals surface area contributed by atoms with Crippen LogP contribution in [0.25, 0.3) is 0 Å². The molecule has 2 heterocycles. The Morgan fingerprint density at radius 1 is 1.20 bits per heavy atom. The SMILES string of the molecule is NCc1ccc(CSc2ncccn2)o1. The van der Waals surface area contributed by atoms with E-state index in [1.807, 2.05) is 12.1 Å². The first-order valence-corrected chi connectivity index (χ1v) is 5.54. The lowest BCUT2D eigenvalue weighted by Crippen LogP contribution is -1.92. The highest BCUT2D eigenvalue weighted by molar-refractivity contribution is 7.98. The van der Waals surface area contributed by atoms with Gasteiger partial charge < -0.3 is 10.2 Å². The summed E-state index contributed by atoms with van der Waals surface area (Å²) in [5, 5.41) is 0.753. The summed E-state index contributed by atoms with van der Waals surface area (Å²) < 4.78 is 5.45. The highest BCUT2D eigenvalue weighted by Gasteiger charge is 2.02. The van der Waals surface area contributed by atoms with Crippen LogP contribution >= 0.6 is 11.8 Å². The molecule has 0 aromatic carbocycles. The van der Waals surface area contributed by atoms with Crippen molar-refractivity contribution in [3.8, 4) is 0 Å². The number of rotatable bonds is 4. The van der Waals surface area contributed by atoms with E-state index in [1.165, 1.54) is 0 Å². The number of furan rings is 1. The van der Waals surface area contributed by atoms with Crippen LogP contribution in [0.4, 0.5) is 0 Å². The molecule has 2 aromatic heterocycles. The zero-order valence-corrected chi connectivity index (χ0v) is 8.91. The molecule has 2 rings (SSSR count). The number of nitrogens with two attached hydrogens (primary N) is 1. The van der Waals surface area contributed by atoms with Crippen LogP contribution in [0.3, 0.4) is 0 Å². The summed E-state index contributed by atoms with van der Waals surface area (Å²) >= 11 is 1.54. The lowest BCUT2D eigenvalue weighted by molar-refractivity contribution is 0.482. The third-order valence-corrected chi connectivity index (χ3v) is 2.70. The molecule has 15 heavy (non-hydrogen) atoms. The van der Waals surface area contributed by atoms with Gasteiger partial charge in [-0.15, -0.1) is 0 Å². The first-order valence-electron chi connectivity index (χ1n) is 4.56. The van der Waals surface area contributed by atoms with Gasteiger partial charge in [0.05, 0.1) is 12.3 Å². The third kappa shape index (κ3) is 2.81. The lowest BCUT2D eigenvalue weighted by atomic mass is 10.4.